The highest BCUT2D eigenvalue weighted by Gasteiger charge is 2.18. The van der Waals surface area contributed by atoms with E-state index in [4.69, 9.17) is 23.7 Å². The number of esters is 5. The summed E-state index contributed by atoms with van der Waals surface area (Å²) in [5.74, 6) is -2.25. The normalized spacial score (nSPS) is 11.1. The predicted octanol–water partition coefficient (Wildman–Crippen LogP) is 23.2. The van der Waals surface area contributed by atoms with Gasteiger partial charge in [-0.2, -0.15) is 0 Å². The number of carbonyl (C=O) groups excluding carboxylic acids is 5. The lowest BCUT2D eigenvalue weighted by Crippen LogP contribution is -2.12. The van der Waals surface area contributed by atoms with Crippen LogP contribution in [0.5, 0.6) is 28.7 Å². The van der Waals surface area contributed by atoms with Gasteiger partial charge in [-0.15, -0.1) is 0 Å². The van der Waals surface area contributed by atoms with E-state index in [9.17, 15) is 24.0 Å². The van der Waals surface area contributed by atoms with E-state index in [1.165, 1.54) is 252 Å². The van der Waals surface area contributed by atoms with Crippen LogP contribution in [0.3, 0.4) is 0 Å². The van der Waals surface area contributed by atoms with Crippen molar-refractivity contribution in [3.8, 4) is 51.0 Å². The fraction of sp³-hybridized carbons (Fsp3) is 0.376. The third-order valence-electron chi connectivity index (χ3n) is 17.6. The van der Waals surface area contributed by atoms with Gasteiger partial charge in [-0.25, -0.2) is 24.0 Å². The summed E-state index contributed by atoms with van der Waals surface area (Å²) in [6.45, 7) is 4.55. The Morgan fingerprint density at radius 3 is 0.726 bits per heavy atom. The number of hydrogen-bond acceptors (Lipinski definition) is 10. The number of hydrogen-bond donors (Lipinski definition) is 0. The van der Waals surface area contributed by atoms with Crippen molar-refractivity contribution in [3.05, 3.63) is 233 Å². The Morgan fingerprint density at radius 1 is 0.221 bits per heavy atom. The highest BCUT2D eigenvalue weighted by Crippen LogP contribution is 2.28. The molecule has 10 heteroatoms. The highest BCUT2D eigenvalue weighted by atomic mass is 16.6. The summed E-state index contributed by atoms with van der Waals surface area (Å²) >= 11 is 0. The average Bonchev–Trinajstić information content (AvgIpc) is 1.14. The summed E-state index contributed by atoms with van der Waals surface area (Å²) in [7, 11) is 0. The van der Waals surface area contributed by atoms with E-state index in [1.807, 2.05) is 24.3 Å². The molecule has 95 heavy (non-hydrogen) atoms. The molecule has 0 heterocycles. The van der Waals surface area contributed by atoms with Crippen LogP contribution in [0.2, 0.25) is 0 Å². The number of ether oxygens (including phenoxy) is 5. The van der Waals surface area contributed by atoms with Gasteiger partial charge >= 0.3 is 29.8 Å². The molecule has 8 aromatic rings. The predicted molar refractivity (Wildman–Crippen MR) is 382 cm³/mol. The van der Waals surface area contributed by atoms with Gasteiger partial charge in [0.25, 0.3) is 0 Å². The molecule has 0 atom stereocenters. The zero-order chi connectivity index (χ0) is 66.5. The van der Waals surface area contributed by atoms with Crippen LogP contribution in [0.1, 0.15) is 257 Å². The van der Waals surface area contributed by atoms with Gasteiger partial charge in [0.05, 0.1) is 27.8 Å². The lowest BCUT2D eigenvalue weighted by molar-refractivity contribution is 0.0712. The molecule has 0 fully saturated rings. The van der Waals surface area contributed by atoms with E-state index in [0.29, 0.717) is 11.1 Å². The number of unbranched alkanes of at least 4 members (excludes halogenated alkanes) is 26. The Balaban J connectivity index is 0.696. The molecule has 0 N–H and O–H groups in total. The number of aryl methyl sites for hydroxylation is 2. The molecular weight excluding hydrogens is 1180 g/mol. The van der Waals surface area contributed by atoms with Crippen molar-refractivity contribution >= 4 is 29.8 Å². The summed E-state index contributed by atoms with van der Waals surface area (Å²) in [6.07, 6.45) is 40.1. The summed E-state index contributed by atoms with van der Waals surface area (Å²) in [5.41, 5.74) is 8.06. The molecule has 0 aliphatic heterocycles. The molecule has 0 aliphatic carbocycles. The van der Waals surface area contributed by atoms with Crippen LogP contribution in [-0.2, 0) is 12.8 Å². The molecule has 498 valence electrons. The standard InChI is InChI=1S/C85H98O10/c1-3-5-7-9-11-13-15-17-19-21-23-25-27-29-33-65-39-43-67(44-40-65)69-47-51-71(52-48-69)82(87)94-79-37-31-35-74(63-79)84(89)92-76-57-55-73(56-58-76)81(86)91-77-59-61-78(62-60-77)93-85(90)75-36-32-38-80(64-75)95-83(88)72-53-49-70(50-54-72)68-45-41-66(42-46-68)34-30-28-26-24-22-20-18-16-14-12-10-8-6-4-2/h31-32,35-64H,3-30,33-34H2,1-2H3. The van der Waals surface area contributed by atoms with Gasteiger partial charge < -0.3 is 23.7 Å². The minimum atomic E-state index is -0.691. The Bertz CT molecular complexity index is 3570. The number of carbonyl (C=O) groups is 5. The van der Waals surface area contributed by atoms with Gasteiger partial charge in [-0.3, -0.25) is 0 Å². The van der Waals surface area contributed by atoms with Gasteiger partial charge in [0.2, 0.25) is 0 Å². The maximum absolute atomic E-state index is 13.2. The van der Waals surface area contributed by atoms with Gasteiger partial charge in [0.15, 0.2) is 0 Å². The summed E-state index contributed by atoms with van der Waals surface area (Å²) in [6, 6.07) is 56.0. The first-order chi connectivity index (χ1) is 46.6. The van der Waals surface area contributed by atoms with Crippen molar-refractivity contribution in [3.63, 3.8) is 0 Å². The minimum absolute atomic E-state index is 0.157. The summed E-state index contributed by atoms with van der Waals surface area (Å²) in [5, 5.41) is 0. The van der Waals surface area contributed by atoms with E-state index in [2.05, 4.69) is 62.4 Å². The fourth-order valence-corrected chi connectivity index (χ4v) is 11.8. The van der Waals surface area contributed by atoms with Crippen LogP contribution >= 0.6 is 0 Å². The Morgan fingerprint density at radius 2 is 0.442 bits per heavy atom. The smallest absolute Gasteiger partial charge is 0.343 e. The fourth-order valence-electron chi connectivity index (χ4n) is 11.8. The van der Waals surface area contributed by atoms with Crippen molar-refractivity contribution in [1.82, 2.24) is 0 Å². The van der Waals surface area contributed by atoms with Crippen LogP contribution in [0, 0.1) is 0 Å². The third-order valence-corrected chi connectivity index (χ3v) is 17.6. The zero-order valence-electron chi connectivity index (χ0n) is 56.3. The van der Waals surface area contributed by atoms with Gasteiger partial charge in [0, 0.05) is 0 Å². The molecule has 10 nitrogen and oxygen atoms in total. The molecule has 0 aromatic heterocycles. The van der Waals surface area contributed by atoms with Gasteiger partial charge in [-0.1, -0.05) is 266 Å². The quantitative estimate of drug-likeness (QED) is 0.0207. The lowest BCUT2D eigenvalue weighted by Gasteiger charge is -2.09. The highest BCUT2D eigenvalue weighted by molar-refractivity contribution is 5.95. The van der Waals surface area contributed by atoms with Gasteiger partial charge in [-0.05, 0) is 168 Å². The molecule has 0 aliphatic rings. The Kier molecular flexibility index (Phi) is 31.1. The molecule has 0 saturated carbocycles. The molecule has 0 unspecified atom stereocenters. The molecular formula is C85H98O10. The lowest BCUT2D eigenvalue weighted by atomic mass is 10.00. The average molecular weight is 1280 g/mol. The largest absolute Gasteiger partial charge is 0.423 e. The second-order valence-corrected chi connectivity index (χ2v) is 25.2. The van der Waals surface area contributed by atoms with Crippen molar-refractivity contribution in [2.75, 3.05) is 0 Å². The zero-order valence-corrected chi connectivity index (χ0v) is 56.3. The molecule has 8 rings (SSSR count). The van der Waals surface area contributed by atoms with E-state index in [-0.39, 0.29) is 45.4 Å². The maximum atomic E-state index is 13.2. The number of rotatable bonds is 42. The van der Waals surface area contributed by atoms with Crippen molar-refractivity contribution < 1.29 is 47.7 Å². The van der Waals surface area contributed by atoms with Gasteiger partial charge in [0.1, 0.15) is 28.7 Å². The van der Waals surface area contributed by atoms with Crippen molar-refractivity contribution in [2.45, 2.75) is 206 Å². The molecule has 0 saturated heterocycles. The number of benzene rings is 8. The molecule has 0 radical (unpaired) electrons. The second kappa shape index (κ2) is 41.1. The first kappa shape index (κ1) is 71.9. The van der Waals surface area contributed by atoms with Crippen LogP contribution in [0.15, 0.2) is 194 Å². The van der Waals surface area contributed by atoms with Crippen molar-refractivity contribution in [1.29, 1.82) is 0 Å². The van der Waals surface area contributed by atoms with Crippen molar-refractivity contribution in [2.24, 2.45) is 0 Å². The first-order valence-electron chi connectivity index (χ1n) is 35.5. The molecule has 8 aromatic carbocycles. The van der Waals surface area contributed by atoms with E-state index in [0.717, 1.165) is 35.1 Å². The summed E-state index contributed by atoms with van der Waals surface area (Å²) < 4.78 is 28.1. The summed E-state index contributed by atoms with van der Waals surface area (Å²) in [4.78, 5) is 66.0. The molecule has 0 spiro atoms. The maximum Gasteiger partial charge on any atom is 0.343 e. The topological polar surface area (TPSA) is 132 Å². The molecule has 0 amide bonds. The second-order valence-electron chi connectivity index (χ2n) is 25.2. The van der Waals surface area contributed by atoms with E-state index < -0.39 is 29.8 Å². The Hall–Kier alpha value is -8.89. The van der Waals surface area contributed by atoms with E-state index in [1.54, 1.807) is 60.7 Å². The minimum Gasteiger partial charge on any atom is -0.423 e. The van der Waals surface area contributed by atoms with Crippen LogP contribution in [0.4, 0.5) is 0 Å². The van der Waals surface area contributed by atoms with Crippen LogP contribution in [-0.4, -0.2) is 29.8 Å². The van der Waals surface area contributed by atoms with Crippen LogP contribution < -0.4 is 23.7 Å². The van der Waals surface area contributed by atoms with E-state index >= 15 is 0 Å². The molecule has 0 bridgehead atoms. The Labute approximate surface area is 565 Å². The monoisotopic (exact) mass is 1280 g/mol. The SMILES string of the molecule is CCCCCCCCCCCCCCCCc1ccc(-c2ccc(C(=O)Oc3cccc(C(=O)Oc4ccc(OC(=O)c5ccc(OC(=O)c6cccc(OC(=O)c7ccc(-c8ccc(CCCCCCCCCCCCCCCC)cc8)cc7)c6)cc5)cc4)c3)cc2)cc1. The first-order valence-corrected chi connectivity index (χ1v) is 35.5. The van der Waals surface area contributed by atoms with Crippen LogP contribution in [0.25, 0.3) is 22.3 Å². The third kappa shape index (κ3) is 25.7.